The van der Waals surface area contributed by atoms with Crippen LogP contribution in [0.4, 0.5) is 5.13 Å². The largest absolute Gasteiger partial charge is 0.491 e. The third-order valence-electron chi connectivity index (χ3n) is 3.00. The topological polar surface area (TPSA) is 90.1 Å². The lowest BCUT2D eigenvalue weighted by molar-refractivity contribution is 0.101. The van der Waals surface area contributed by atoms with Crippen LogP contribution >= 0.6 is 11.3 Å². The van der Waals surface area contributed by atoms with E-state index < -0.39 is 0 Å². The molecule has 0 aliphatic carbocycles. The van der Waals surface area contributed by atoms with Crippen LogP contribution in [0.15, 0.2) is 34.9 Å². The van der Waals surface area contributed by atoms with Crippen LogP contribution in [0.1, 0.15) is 29.3 Å². The highest BCUT2D eigenvalue weighted by Gasteiger charge is 2.15. The van der Waals surface area contributed by atoms with Crippen molar-refractivity contribution in [1.29, 1.82) is 0 Å². The summed E-state index contributed by atoms with van der Waals surface area (Å²) in [6, 6.07) is 8.99. The van der Waals surface area contributed by atoms with Crippen molar-refractivity contribution < 1.29 is 14.1 Å². The summed E-state index contributed by atoms with van der Waals surface area (Å²) in [5, 5.41) is 15.3. The van der Waals surface area contributed by atoms with Gasteiger partial charge in [0.25, 0.3) is 5.91 Å². The average molecular weight is 344 g/mol. The van der Waals surface area contributed by atoms with Crippen molar-refractivity contribution in [3.63, 3.8) is 0 Å². The zero-order valence-electron chi connectivity index (χ0n) is 13.4. The van der Waals surface area contributed by atoms with E-state index >= 15 is 0 Å². The van der Waals surface area contributed by atoms with Gasteiger partial charge in [-0.1, -0.05) is 16.5 Å². The Morgan fingerprint density at radius 2 is 2.00 bits per heavy atom. The summed E-state index contributed by atoms with van der Waals surface area (Å²) in [7, 11) is 0. The number of anilines is 1. The van der Waals surface area contributed by atoms with E-state index in [2.05, 4.69) is 20.7 Å². The number of ether oxygens (including phenoxy) is 1. The molecule has 0 saturated carbocycles. The van der Waals surface area contributed by atoms with Gasteiger partial charge in [0.1, 0.15) is 10.8 Å². The van der Waals surface area contributed by atoms with Crippen LogP contribution in [0.25, 0.3) is 11.3 Å². The maximum Gasteiger partial charge on any atom is 0.279 e. The zero-order valence-corrected chi connectivity index (χ0v) is 14.3. The van der Waals surface area contributed by atoms with Crippen LogP contribution in [0.2, 0.25) is 0 Å². The van der Waals surface area contributed by atoms with Gasteiger partial charge in [-0.05, 0) is 45.0 Å². The lowest BCUT2D eigenvalue weighted by Gasteiger charge is -2.09. The number of rotatable bonds is 5. The highest BCUT2D eigenvalue weighted by molar-refractivity contribution is 7.15. The number of benzene rings is 1. The van der Waals surface area contributed by atoms with Crippen molar-refractivity contribution in [3.8, 4) is 17.1 Å². The SMILES string of the molecule is Cc1nnc(NC(=O)c2cc(-c3ccc(OC(C)C)cc3)on2)s1. The molecule has 0 radical (unpaired) electrons. The summed E-state index contributed by atoms with van der Waals surface area (Å²) in [5.41, 5.74) is 0.991. The van der Waals surface area contributed by atoms with Crippen LogP contribution in [-0.2, 0) is 0 Å². The minimum absolute atomic E-state index is 0.111. The molecule has 1 N–H and O–H groups in total. The van der Waals surface area contributed by atoms with Crippen molar-refractivity contribution in [2.24, 2.45) is 0 Å². The smallest absolute Gasteiger partial charge is 0.279 e. The van der Waals surface area contributed by atoms with Gasteiger partial charge in [-0.15, -0.1) is 10.2 Å². The Bertz CT molecular complexity index is 839. The summed E-state index contributed by atoms with van der Waals surface area (Å²) in [6.45, 7) is 5.75. The molecule has 8 heteroatoms. The van der Waals surface area contributed by atoms with Gasteiger partial charge in [0.2, 0.25) is 5.13 Å². The second-order valence-electron chi connectivity index (χ2n) is 5.35. The van der Waals surface area contributed by atoms with Gasteiger partial charge in [0.15, 0.2) is 11.5 Å². The van der Waals surface area contributed by atoms with Crippen molar-refractivity contribution in [1.82, 2.24) is 15.4 Å². The molecule has 3 aromatic rings. The second kappa shape index (κ2) is 6.79. The maximum absolute atomic E-state index is 12.1. The van der Waals surface area contributed by atoms with Crippen molar-refractivity contribution in [2.45, 2.75) is 26.9 Å². The number of hydrogen-bond acceptors (Lipinski definition) is 7. The fourth-order valence-electron chi connectivity index (χ4n) is 2.00. The molecule has 1 aromatic carbocycles. The number of carbonyl (C=O) groups excluding carboxylic acids is 1. The molecular weight excluding hydrogens is 328 g/mol. The molecule has 7 nitrogen and oxygen atoms in total. The first-order chi connectivity index (χ1) is 11.5. The predicted molar refractivity (Wildman–Crippen MR) is 90.3 cm³/mol. The minimum atomic E-state index is -0.388. The lowest BCUT2D eigenvalue weighted by Crippen LogP contribution is -2.11. The Morgan fingerprint density at radius 1 is 1.25 bits per heavy atom. The monoisotopic (exact) mass is 344 g/mol. The van der Waals surface area contributed by atoms with Crippen LogP contribution < -0.4 is 10.1 Å². The molecule has 0 unspecified atom stereocenters. The Hall–Kier alpha value is -2.74. The Kier molecular flexibility index (Phi) is 4.57. The number of aryl methyl sites for hydroxylation is 1. The highest BCUT2D eigenvalue weighted by atomic mass is 32.1. The zero-order chi connectivity index (χ0) is 17.1. The number of nitrogens with zero attached hydrogens (tertiary/aromatic N) is 3. The van der Waals surface area contributed by atoms with E-state index in [1.165, 1.54) is 11.3 Å². The highest BCUT2D eigenvalue weighted by Crippen LogP contribution is 2.24. The fraction of sp³-hybridized carbons (Fsp3) is 0.250. The molecule has 0 spiro atoms. The van der Waals surface area contributed by atoms with Crippen LogP contribution in [0, 0.1) is 6.92 Å². The molecule has 0 saturated heterocycles. The average Bonchev–Trinajstić information content (AvgIpc) is 3.17. The van der Waals surface area contributed by atoms with E-state index in [4.69, 9.17) is 9.26 Å². The van der Waals surface area contributed by atoms with Gasteiger partial charge in [0, 0.05) is 11.6 Å². The molecule has 24 heavy (non-hydrogen) atoms. The van der Waals surface area contributed by atoms with Gasteiger partial charge in [0.05, 0.1) is 6.10 Å². The number of hydrogen-bond donors (Lipinski definition) is 1. The molecule has 0 aliphatic rings. The molecule has 0 atom stereocenters. The third-order valence-corrected chi connectivity index (χ3v) is 3.75. The predicted octanol–water partition coefficient (Wildman–Crippen LogP) is 3.54. The van der Waals surface area contributed by atoms with E-state index in [1.807, 2.05) is 45.0 Å². The van der Waals surface area contributed by atoms with E-state index in [-0.39, 0.29) is 17.7 Å². The normalized spacial score (nSPS) is 10.8. The van der Waals surface area contributed by atoms with Crippen molar-refractivity contribution in [3.05, 3.63) is 41.0 Å². The van der Waals surface area contributed by atoms with Crippen molar-refractivity contribution in [2.75, 3.05) is 5.32 Å². The van der Waals surface area contributed by atoms with Gasteiger partial charge in [-0.25, -0.2) is 0 Å². The van der Waals surface area contributed by atoms with Gasteiger partial charge < -0.3 is 9.26 Å². The Balaban J connectivity index is 1.71. The van der Waals surface area contributed by atoms with Gasteiger partial charge >= 0.3 is 0 Å². The number of nitrogens with one attached hydrogen (secondary N) is 1. The Labute approximate surface area is 142 Å². The molecular formula is C16H16N4O3S. The molecule has 0 aliphatic heterocycles. The first-order valence-electron chi connectivity index (χ1n) is 7.36. The summed E-state index contributed by atoms with van der Waals surface area (Å²) in [4.78, 5) is 12.1. The third kappa shape index (κ3) is 3.77. The Morgan fingerprint density at radius 3 is 2.62 bits per heavy atom. The molecule has 3 rings (SSSR count). The molecule has 0 fully saturated rings. The fourth-order valence-corrected chi connectivity index (χ4v) is 2.58. The van der Waals surface area contributed by atoms with Crippen LogP contribution in [0.3, 0.4) is 0 Å². The van der Waals surface area contributed by atoms with Gasteiger partial charge in [-0.2, -0.15) is 0 Å². The molecule has 2 aromatic heterocycles. The molecule has 2 heterocycles. The van der Waals surface area contributed by atoms with E-state index in [0.29, 0.717) is 10.9 Å². The van der Waals surface area contributed by atoms with Crippen molar-refractivity contribution >= 4 is 22.4 Å². The first kappa shape index (κ1) is 16.1. The summed E-state index contributed by atoms with van der Waals surface area (Å²) < 4.78 is 10.8. The number of aromatic nitrogens is 3. The summed E-state index contributed by atoms with van der Waals surface area (Å²) in [5.74, 6) is 0.892. The molecule has 0 bridgehead atoms. The summed E-state index contributed by atoms with van der Waals surface area (Å²) in [6.07, 6.45) is 0.111. The van der Waals surface area contributed by atoms with E-state index in [0.717, 1.165) is 16.3 Å². The second-order valence-corrected chi connectivity index (χ2v) is 6.53. The van der Waals surface area contributed by atoms with Crippen LogP contribution in [-0.4, -0.2) is 27.4 Å². The minimum Gasteiger partial charge on any atom is -0.491 e. The van der Waals surface area contributed by atoms with Gasteiger partial charge in [-0.3, -0.25) is 10.1 Å². The summed E-state index contributed by atoms with van der Waals surface area (Å²) >= 11 is 1.29. The molecule has 124 valence electrons. The maximum atomic E-state index is 12.1. The number of amides is 1. The molecule has 1 amide bonds. The van der Waals surface area contributed by atoms with E-state index in [9.17, 15) is 4.79 Å². The van der Waals surface area contributed by atoms with E-state index in [1.54, 1.807) is 6.07 Å². The first-order valence-corrected chi connectivity index (χ1v) is 8.18. The lowest BCUT2D eigenvalue weighted by atomic mass is 10.1. The number of carbonyl (C=O) groups is 1. The quantitative estimate of drug-likeness (QED) is 0.761. The van der Waals surface area contributed by atoms with Crippen LogP contribution in [0.5, 0.6) is 5.75 Å². The standard InChI is InChI=1S/C16H16N4O3S/c1-9(2)22-12-6-4-11(5-7-12)14-8-13(20-23-14)15(21)17-16-19-18-10(3)24-16/h4-9H,1-3H3,(H,17,19,21).